The number of ether oxygens (including phenoxy) is 1. The van der Waals surface area contributed by atoms with E-state index in [1.807, 2.05) is 50.2 Å². The Labute approximate surface area is 181 Å². The topological polar surface area (TPSA) is 90.5 Å². The summed E-state index contributed by atoms with van der Waals surface area (Å²) >= 11 is 0. The average Bonchev–Trinajstić information content (AvgIpc) is 3.14. The molecule has 1 aliphatic carbocycles. The third-order valence-electron chi connectivity index (χ3n) is 5.52. The second-order valence-corrected chi connectivity index (χ2v) is 8.39. The van der Waals surface area contributed by atoms with Gasteiger partial charge in [0.1, 0.15) is 17.6 Å². The molecule has 0 spiro atoms. The molecule has 0 saturated heterocycles. The number of aromatic amines is 1. The third-order valence-corrected chi connectivity index (χ3v) is 5.52. The first-order valence-electron chi connectivity index (χ1n) is 10.4. The fourth-order valence-electron chi connectivity index (χ4n) is 3.82. The molecule has 162 valence electrons. The van der Waals surface area contributed by atoms with Gasteiger partial charge in [-0.2, -0.15) is 5.10 Å². The number of benzene rings is 2. The Morgan fingerprint density at radius 2 is 2.13 bits per heavy atom. The zero-order valence-electron chi connectivity index (χ0n) is 18.1. The first-order chi connectivity index (χ1) is 14.9. The van der Waals surface area contributed by atoms with Crippen LogP contribution in [0.2, 0.25) is 0 Å². The van der Waals surface area contributed by atoms with Gasteiger partial charge in [-0.15, -0.1) is 0 Å². The molecule has 1 saturated carbocycles. The number of hydrogen-bond donors (Lipinski definition) is 3. The molecule has 7 nitrogen and oxygen atoms in total. The van der Waals surface area contributed by atoms with Gasteiger partial charge in [0.15, 0.2) is 0 Å². The first kappa shape index (κ1) is 20.9. The molecule has 1 fully saturated rings. The van der Waals surface area contributed by atoms with Gasteiger partial charge in [0, 0.05) is 31.5 Å². The Bertz CT molecular complexity index is 1110. The molecule has 1 aromatic heterocycles. The Balaban J connectivity index is 1.43. The molecule has 0 radical (unpaired) electrons. The normalized spacial score (nSPS) is 18.5. The van der Waals surface area contributed by atoms with E-state index in [4.69, 9.17) is 4.74 Å². The quantitative estimate of drug-likeness (QED) is 0.510. The standard InChI is InChI=1S/C24H28N4O3/c1-15-9-18(29)6-7-20(15)16-10-22-21(14-25-27-22)23(11-16)31-19-12-17(13-19)26-24(30)5-4-8-28(2)3/h4-7,9-11,14,17,19,29H,8,12-13H2,1-3H3,(H,25,27)(H,26,30)/b5-4+. The minimum Gasteiger partial charge on any atom is -0.508 e. The van der Waals surface area contributed by atoms with Gasteiger partial charge in [-0.05, 0) is 62.0 Å². The zero-order valence-corrected chi connectivity index (χ0v) is 18.1. The van der Waals surface area contributed by atoms with Crippen molar-refractivity contribution in [2.45, 2.75) is 31.9 Å². The van der Waals surface area contributed by atoms with E-state index in [9.17, 15) is 9.90 Å². The van der Waals surface area contributed by atoms with Gasteiger partial charge in [-0.3, -0.25) is 9.89 Å². The number of H-pyrrole nitrogens is 1. The molecule has 31 heavy (non-hydrogen) atoms. The molecule has 7 heteroatoms. The van der Waals surface area contributed by atoms with Crippen LogP contribution in [0.1, 0.15) is 18.4 Å². The van der Waals surface area contributed by atoms with Crippen molar-refractivity contribution in [1.82, 2.24) is 20.4 Å². The maximum absolute atomic E-state index is 12.0. The highest BCUT2D eigenvalue weighted by Gasteiger charge is 2.32. The number of carbonyl (C=O) groups is 1. The first-order valence-corrected chi connectivity index (χ1v) is 10.4. The maximum Gasteiger partial charge on any atom is 0.243 e. The van der Waals surface area contributed by atoms with Crippen LogP contribution in [0.25, 0.3) is 22.0 Å². The van der Waals surface area contributed by atoms with Gasteiger partial charge < -0.3 is 20.1 Å². The Hall–Kier alpha value is -3.32. The van der Waals surface area contributed by atoms with E-state index in [0.717, 1.165) is 52.7 Å². The number of aryl methyl sites for hydroxylation is 1. The Kier molecular flexibility index (Phi) is 5.95. The molecular weight excluding hydrogens is 392 g/mol. The van der Waals surface area contributed by atoms with Crippen molar-refractivity contribution < 1.29 is 14.6 Å². The second kappa shape index (κ2) is 8.81. The van der Waals surface area contributed by atoms with Gasteiger partial charge in [-0.1, -0.05) is 12.1 Å². The number of hydrogen-bond acceptors (Lipinski definition) is 5. The van der Waals surface area contributed by atoms with Gasteiger partial charge in [0.05, 0.1) is 17.1 Å². The highest BCUT2D eigenvalue weighted by atomic mass is 16.5. The molecule has 1 amide bonds. The summed E-state index contributed by atoms with van der Waals surface area (Å²) in [6, 6.07) is 9.53. The number of nitrogens with one attached hydrogen (secondary N) is 2. The summed E-state index contributed by atoms with van der Waals surface area (Å²) < 4.78 is 6.29. The molecule has 3 N–H and O–H groups in total. The molecule has 0 unspecified atom stereocenters. The van der Waals surface area contributed by atoms with Crippen LogP contribution in [-0.4, -0.2) is 58.9 Å². The molecule has 0 bridgehead atoms. The predicted octanol–water partition coefficient (Wildman–Crippen LogP) is 3.39. The van der Waals surface area contributed by atoms with Crippen molar-refractivity contribution in [3.63, 3.8) is 0 Å². The number of aromatic hydroxyl groups is 1. The number of carbonyl (C=O) groups excluding carboxylic acids is 1. The largest absolute Gasteiger partial charge is 0.508 e. The van der Waals surface area contributed by atoms with Crippen LogP contribution >= 0.6 is 0 Å². The number of nitrogens with zero attached hydrogens (tertiary/aromatic N) is 2. The number of phenolic OH excluding ortho intramolecular Hbond substituents is 1. The van der Waals surface area contributed by atoms with E-state index < -0.39 is 0 Å². The van der Waals surface area contributed by atoms with Gasteiger partial charge >= 0.3 is 0 Å². The van der Waals surface area contributed by atoms with Crippen LogP contribution in [-0.2, 0) is 4.79 Å². The fraction of sp³-hybridized carbons (Fsp3) is 0.333. The van der Waals surface area contributed by atoms with Crippen molar-refractivity contribution in [3.05, 3.63) is 54.2 Å². The SMILES string of the molecule is Cc1cc(O)ccc1-c1cc(OC2CC(NC(=O)/C=C/CN(C)C)C2)c2cn[nH]c2c1. The van der Waals surface area contributed by atoms with E-state index in [1.165, 1.54) is 0 Å². The third kappa shape index (κ3) is 4.88. The Morgan fingerprint density at radius 1 is 1.32 bits per heavy atom. The van der Waals surface area contributed by atoms with Crippen molar-refractivity contribution in [2.24, 2.45) is 0 Å². The number of phenols is 1. The summed E-state index contributed by atoms with van der Waals surface area (Å²) in [5, 5.41) is 20.9. The summed E-state index contributed by atoms with van der Waals surface area (Å²) in [6.45, 7) is 2.71. The zero-order chi connectivity index (χ0) is 22.0. The van der Waals surface area contributed by atoms with E-state index in [0.29, 0.717) is 0 Å². The fourth-order valence-corrected chi connectivity index (χ4v) is 3.82. The number of amides is 1. The lowest BCUT2D eigenvalue weighted by molar-refractivity contribution is -0.118. The molecule has 4 rings (SSSR count). The lowest BCUT2D eigenvalue weighted by atomic mass is 9.89. The predicted molar refractivity (Wildman–Crippen MR) is 121 cm³/mol. The minimum absolute atomic E-state index is 0.0466. The summed E-state index contributed by atoms with van der Waals surface area (Å²) in [6.07, 6.45) is 6.81. The van der Waals surface area contributed by atoms with Crippen molar-refractivity contribution in [1.29, 1.82) is 0 Å². The highest BCUT2D eigenvalue weighted by Crippen LogP contribution is 2.36. The lowest BCUT2D eigenvalue weighted by Crippen LogP contribution is -2.48. The monoisotopic (exact) mass is 420 g/mol. The van der Waals surface area contributed by atoms with Crippen molar-refractivity contribution >= 4 is 16.8 Å². The van der Waals surface area contributed by atoms with E-state index in [-0.39, 0.29) is 23.8 Å². The maximum atomic E-state index is 12.0. The number of fused-ring (bicyclic) bond motifs is 1. The van der Waals surface area contributed by atoms with Gasteiger partial charge in [-0.25, -0.2) is 0 Å². The van der Waals surface area contributed by atoms with E-state index >= 15 is 0 Å². The Morgan fingerprint density at radius 3 is 2.87 bits per heavy atom. The molecule has 1 heterocycles. The molecule has 3 aromatic rings. The van der Waals surface area contributed by atoms with Gasteiger partial charge in [0.2, 0.25) is 5.91 Å². The van der Waals surface area contributed by atoms with E-state index in [1.54, 1.807) is 24.4 Å². The van der Waals surface area contributed by atoms with Crippen molar-refractivity contribution in [3.8, 4) is 22.6 Å². The van der Waals surface area contributed by atoms with Crippen molar-refractivity contribution in [2.75, 3.05) is 20.6 Å². The number of rotatable bonds is 7. The number of aromatic nitrogens is 2. The lowest BCUT2D eigenvalue weighted by Gasteiger charge is -2.35. The second-order valence-electron chi connectivity index (χ2n) is 8.39. The molecule has 0 atom stereocenters. The van der Waals surface area contributed by atoms with Gasteiger partial charge in [0.25, 0.3) is 0 Å². The smallest absolute Gasteiger partial charge is 0.243 e. The molecule has 2 aromatic carbocycles. The molecular formula is C24H28N4O3. The van der Waals surface area contributed by atoms with Crippen LogP contribution in [0.15, 0.2) is 48.7 Å². The van der Waals surface area contributed by atoms with E-state index in [2.05, 4.69) is 15.5 Å². The van der Waals surface area contributed by atoms with Crippen LogP contribution in [0.4, 0.5) is 0 Å². The summed E-state index contributed by atoms with van der Waals surface area (Å²) in [5.74, 6) is 0.959. The number of likely N-dealkylation sites (N-methyl/N-ethyl adjacent to an activating group) is 1. The average molecular weight is 421 g/mol. The summed E-state index contributed by atoms with van der Waals surface area (Å²) in [7, 11) is 3.93. The highest BCUT2D eigenvalue weighted by molar-refractivity contribution is 5.90. The summed E-state index contributed by atoms with van der Waals surface area (Å²) in [5.41, 5.74) is 3.91. The van der Waals surface area contributed by atoms with Crippen LogP contribution < -0.4 is 10.1 Å². The molecule has 1 aliphatic rings. The minimum atomic E-state index is -0.0627. The van der Waals surface area contributed by atoms with Crippen LogP contribution in [0, 0.1) is 6.92 Å². The molecule has 0 aliphatic heterocycles. The van der Waals surface area contributed by atoms with Crippen LogP contribution in [0.5, 0.6) is 11.5 Å². The summed E-state index contributed by atoms with van der Waals surface area (Å²) in [4.78, 5) is 14.0. The van der Waals surface area contributed by atoms with Crippen LogP contribution in [0.3, 0.4) is 0 Å².